The van der Waals surface area contributed by atoms with Crippen LogP contribution >= 0.6 is 0 Å². The van der Waals surface area contributed by atoms with Gasteiger partial charge in [-0.15, -0.1) is 0 Å². The van der Waals surface area contributed by atoms with Crippen molar-refractivity contribution in [2.24, 2.45) is 11.8 Å². The zero-order chi connectivity index (χ0) is 19.3. The number of carboxylic acid groups (broad SMARTS) is 1. The van der Waals surface area contributed by atoms with E-state index in [0.717, 1.165) is 12.8 Å². The number of carboxylic acids is 1. The Hall–Kier alpha value is -2.57. The molecule has 2 rings (SSSR count). The summed E-state index contributed by atoms with van der Waals surface area (Å²) in [7, 11) is 1.45. The first kappa shape index (κ1) is 19.8. The van der Waals surface area contributed by atoms with Crippen LogP contribution in [-0.4, -0.2) is 48.0 Å². The first-order valence-electron chi connectivity index (χ1n) is 8.88. The standard InChI is InChI=1S/C19H26N2O5/c1-4-12(2)18(23)21-9-5-6-13(11-21)17(22)20-16-8-7-14(26-3)10-15(16)19(24)25/h7-8,10,12-13H,4-6,9,11H2,1-3H3,(H,20,22)(H,24,25). The Morgan fingerprint density at radius 1 is 1.38 bits per heavy atom. The fourth-order valence-electron chi connectivity index (χ4n) is 3.05. The van der Waals surface area contributed by atoms with Crippen LogP contribution in [0.15, 0.2) is 18.2 Å². The van der Waals surface area contributed by atoms with E-state index in [0.29, 0.717) is 25.3 Å². The van der Waals surface area contributed by atoms with Crippen molar-refractivity contribution in [3.8, 4) is 5.75 Å². The van der Waals surface area contributed by atoms with Gasteiger partial charge in [0.1, 0.15) is 5.75 Å². The molecule has 2 atom stereocenters. The second-order valence-electron chi connectivity index (χ2n) is 6.64. The SMILES string of the molecule is CCC(C)C(=O)N1CCCC(C(=O)Nc2ccc(OC)cc2C(=O)O)C1. The predicted molar refractivity (Wildman–Crippen MR) is 97.3 cm³/mol. The van der Waals surface area contributed by atoms with Crippen molar-refractivity contribution in [3.05, 3.63) is 23.8 Å². The number of ether oxygens (including phenoxy) is 1. The highest BCUT2D eigenvalue weighted by atomic mass is 16.5. The number of nitrogens with one attached hydrogen (secondary N) is 1. The van der Waals surface area contributed by atoms with Gasteiger partial charge in [-0.25, -0.2) is 4.79 Å². The Bertz CT molecular complexity index is 689. The lowest BCUT2D eigenvalue weighted by atomic mass is 9.95. The molecule has 0 spiro atoms. The number of aromatic carboxylic acids is 1. The zero-order valence-corrected chi connectivity index (χ0v) is 15.4. The van der Waals surface area contributed by atoms with Gasteiger partial charge in [0.15, 0.2) is 0 Å². The molecule has 7 heteroatoms. The third kappa shape index (κ3) is 4.53. The van der Waals surface area contributed by atoms with Gasteiger partial charge in [-0.1, -0.05) is 13.8 Å². The number of carbonyl (C=O) groups excluding carboxylic acids is 2. The number of rotatable bonds is 6. The number of hydrogen-bond acceptors (Lipinski definition) is 4. The summed E-state index contributed by atoms with van der Waals surface area (Å²) in [6, 6.07) is 4.49. The van der Waals surface area contributed by atoms with E-state index >= 15 is 0 Å². The maximum atomic E-state index is 12.6. The third-order valence-electron chi connectivity index (χ3n) is 4.85. The summed E-state index contributed by atoms with van der Waals surface area (Å²) >= 11 is 0. The van der Waals surface area contributed by atoms with Crippen molar-refractivity contribution in [1.82, 2.24) is 4.90 Å². The number of likely N-dealkylation sites (tertiary alicyclic amines) is 1. The van der Waals surface area contributed by atoms with Gasteiger partial charge in [-0.2, -0.15) is 0 Å². The van der Waals surface area contributed by atoms with E-state index in [-0.39, 0.29) is 34.9 Å². The van der Waals surface area contributed by atoms with Crippen LogP contribution in [0, 0.1) is 11.8 Å². The van der Waals surface area contributed by atoms with E-state index in [1.807, 2.05) is 13.8 Å². The van der Waals surface area contributed by atoms with E-state index < -0.39 is 5.97 Å². The first-order chi connectivity index (χ1) is 12.4. The van der Waals surface area contributed by atoms with E-state index in [1.165, 1.54) is 19.2 Å². The highest BCUT2D eigenvalue weighted by Gasteiger charge is 2.30. The van der Waals surface area contributed by atoms with Gasteiger partial charge in [0.2, 0.25) is 11.8 Å². The molecule has 7 nitrogen and oxygen atoms in total. The lowest BCUT2D eigenvalue weighted by Gasteiger charge is -2.33. The van der Waals surface area contributed by atoms with Crippen molar-refractivity contribution in [2.75, 3.05) is 25.5 Å². The van der Waals surface area contributed by atoms with Gasteiger partial charge in [0.25, 0.3) is 0 Å². The molecule has 1 aromatic rings. The average Bonchev–Trinajstić information content (AvgIpc) is 2.66. The minimum Gasteiger partial charge on any atom is -0.497 e. The summed E-state index contributed by atoms with van der Waals surface area (Å²) in [6.07, 6.45) is 2.20. The largest absolute Gasteiger partial charge is 0.497 e. The van der Waals surface area contributed by atoms with E-state index in [2.05, 4.69) is 5.32 Å². The minimum absolute atomic E-state index is 0.0268. The van der Waals surface area contributed by atoms with E-state index in [1.54, 1.807) is 11.0 Å². The Balaban J connectivity index is 2.10. The highest BCUT2D eigenvalue weighted by molar-refractivity contribution is 6.01. The molecule has 0 saturated carbocycles. The Morgan fingerprint density at radius 3 is 2.73 bits per heavy atom. The molecular formula is C19H26N2O5. The minimum atomic E-state index is -1.14. The summed E-state index contributed by atoms with van der Waals surface area (Å²) in [4.78, 5) is 38.2. The van der Waals surface area contributed by atoms with Crippen LogP contribution < -0.4 is 10.1 Å². The van der Waals surface area contributed by atoms with Crippen LogP contribution in [-0.2, 0) is 9.59 Å². The second-order valence-corrected chi connectivity index (χ2v) is 6.64. The number of amides is 2. The van der Waals surface area contributed by atoms with Gasteiger partial charge in [0, 0.05) is 19.0 Å². The van der Waals surface area contributed by atoms with Gasteiger partial charge in [0.05, 0.1) is 24.3 Å². The Morgan fingerprint density at radius 2 is 2.12 bits per heavy atom. The van der Waals surface area contributed by atoms with Gasteiger partial charge < -0.3 is 20.1 Å². The zero-order valence-electron chi connectivity index (χ0n) is 15.4. The summed E-state index contributed by atoms with van der Waals surface area (Å²) in [5, 5.41) is 12.1. The summed E-state index contributed by atoms with van der Waals surface area (Å²) in [5.74, 6) is -1.34. The number of carbonyl (C=O) groups is 3. The molecular weight excluding hydrogens is 336 g/mol. The van der Waals surface area contributed by atoms with E-state index in [9.17, 15) is 19.5 Å². The average molecular weight is 362 g/mol. The molecule has 142 valence electrons. The van der Waals surface area contributed by atoms with Crippen molar-refractivity contribution in [1.29, 1.82) is 0 Å². The molecule has 0 aliphatic carbocycles. The summed E-state index contributed by atoms with van der Waals surface area (Å²) in [5.41, 5.74) is 0.203. The molecule has 0 aromatic heterocycles. The number of hydrogen-bond donors (Lipinski definition) is 2. The number of nitrogens with zero attached hydrogens (tertiary/aromatic N) is 1. The maximum Gasteiger partial charge on any atom is 0.337 e. The number of anilines is 1. The molecule has 26 heavy (non-hydrogen) atoms. The normalized spacial score (nSPS) is 18.1. The third-order valence-corrected chi connectivity index (χ3v) is 4.85. The second kappa shape index (κ2) is 8.69. The molecule has 0 bridgehead atoms. The molecule has 2 unspecified atom stereocenters. The van der Waals surface area contributed by atoms with Crippen LogP contribution in [0.3, 0.4) is 0 Å². The van der Waals surface area contributed by atoms with Crippen molar-refractivity contribution in [2.45, 2.75) is 33.1 Å². The lowest BCUT2D eigenvalue weighted by Crippen LogP contribution is -2.45. The van der Waals surface area contributed by atoms with Gasteiger partial charge in [-0.05, 0) is 37.5 Å². The summed E-state index contributed by atoms with van der Waals surface area (Å²) < 4.78 is 5.03. The van der Waals surface area contributed by atoms with Gasteiger partial charge in [-0.3, -0.25) is 9.59 Å². The topological polar surface area (TPSA) is 95.9 Å². The van der Waals surface area contributed by atoms with Crippen LogP contribution in [0.1, 0.15) is 43.5 Å². The fourth-order valence-corrected chi connectivity index (χ4v) is 3.05. The van der Waals surface area contributed by atoms with Crippen molar-refractivity contribution < 1.29 is 24.2 Å². The van der Waals surface area contributed by atoms with Crippen molar-refractivity contribution >= 4 is 23.5 Å². The Kier molecular flexibility index (Phi) is 6.60. The van der Waals surface area contributed by atoms with Crippen LogP contribution in [0.2, 0.25) is 0 Å². The number of piperidine rings is 1. The maximum absolute atomic E-state index is 12.6. The fraction of sp³-hybridized carbons (Fsp3) is 0.526. The Labute approximate surface area is 153 Å². The number of methoxy groups -OCH3 is 1. The quantitative estimate of drug-likeness (QED) is 0.811. The molecule has 1 aromatic carbocycles. The first-order valence-corrected chi connectivity index (χ1v) is 8.88. The molecule has 1 heterocycles. The molecule has 1 saturated heterocycles. The highest BCUT2D eigenvalue weighted by Crippen LogP contribution is 2.25. The molecule has 0 radical (unpaired) electrons. The van der Waals surface area contributed by atoms with Crippen molar-refractivity contribution in [3.63, 3.8) is 0 Å². The van der Waals surface area contributed by atoms with Crippen LogP contribution in [0.5, 0.6) is 5.75 Å². The molecule has 1 fully saturated rings. The van der Waals surface area contributed by atoms with Gasteiger partial charge >= 0.3 is 5.97 Å². The van der Waals surface area contributed by atoms with Crippen LogP contribution in [0.4, 0.5) is 5.69 Å². The summed E-state index contributed by atoms with van der Waals surface area (Å²) in [6.45, 7) is 4.89. The van der Waals surface area contributed by atoms with E-state index in [4.69, 9.17) is 4.74 Å². The smallest absolute Gasteiger partial charge is 0.337 e. The predicted octanol–water partition coefficient (Wildman–Crippen LogP) is 2.62. The molecule has 2 amide bonds. The monoisotopic (exact) mass is 362 g/mol. The molecule has 1 aliphatic rings. The number of benzene rings is 1. The molecule has 1 aliphatic heterocycles. The molecule has 2 N–H and O–H groups in total. The van der Waals surface area contributed by atoms with Crippen LogP contribution in [0.25, 0.3) is 0 Å². The lowest BCUT2D eigenvalue weighted by molar-refractivity contribution is -0.138.